The largest absolute Gasteiger partial charge is 0.397 e. The van der Waals surface area contributed by atoms with Crippen molar-refractivity contribution >= 4 is 17.3 Å². The molecular weight excluding hydrogens is 267 g/mol. The van der Waals surface area contributed by atoms with Crippen LogP contribution in [0.25, 0.3) is 0 Å². The summed E-state index contributed by atoms with van der Waals surface area (Å²) in [6.07, 6.45) is 7.77. The summed E-state index contributed by atoms with van der Waals surface area (Å²) in [5.74, 6) is 0.176. The summed E-state index contributed by atoms with van der Waals surface area (Å²) in [5.41, 5.74) is 6.12. The summed E-state index contributed by atoms with van der Waals surface area (Å²) < 4.78 is 13.7. The molecule has 1 aliphatic carbocycles. The third kappa shape index (κ3) is 4.19. The zero-order valence-corrected chi connectivity index (χ0v) is 12.7. The Kier molecular flexibility index (Phi) is 5.59. The molecule has 1 aromatic rings. The van der Waals surface area contributed by atoms with Crippen LogP contribution >= 0.6 is 0 Å². The van der Waals surface area contributed by atoms with Crippen molar-refractivity contribution in [1.82, 2.24) is 0 Å². The van der Waals surface area contributed by atoms with Crippen molar-refractivity contribution in [2.24, 2.45) is 11.8 Å². The number of hydrogen-bond acceptors (Lipinski definition) is 2. The summed E-state index contributed by atoms with van der Waals surface area (Å²) in [5, 5.41) is 2.67. The van der Waals surface area contributed by atoms with Gasteiger partial charge in [-0.05, 0) is 43.7 Å². The summed E-state index contributed by atoms with van der Waals surface area (Å²) in [4.78, 5) is 12.3. The highest BCUT2D eigenvalue weighted by Gasteiger charge is 2.26. The van der Waals surface area contributed by atoms with E-state index in [0.717, 1.165) is 31.6 Å². The number of anilines is 2. The van der Waals surface area contributed by atoms with E-state index in [1.54, 1.807) is 12.1 Å². The molecule has 2 rings (SSSR count). The van der Waals surface area contributed by atoms with Crippen LogP contribution in [0.4, 0.5) is 15.8 Å². The number of para-hydroxylation sites is 1. The standard InChI is InChI=1S/C17H25FN2O/c1-2-3-5-12-8-10-13(11-9-12)17(21)20-16-14(18)6-4-7-15(16)19/h4,6-7,12-13H,2-3,5,8-11,19H2,1H3,(H,20,21). The van der Waals surface area contributed by atoms with Crippen molar-refractivity contribution in [2.45, 2.75) is 51.9 Å². The molecule has 3 N–H and O–H groups in total. The lowest BCUT2D eigenvalue weighted by Gasteiger charge is -2.27. The van der Waals surface area contributed by atoms with Crippen LogP contribution in [-0.2, 0) is 4.79 Å². The maximum absolute atomic E-state index is 13.7. The number of amides is 1. The van der Waals surface area contributed by atoms with Gasteiger partial charge in [0.05, 0.1) is 5.69 Å². The van der Waals surface area contributed by atoms with Crippen molar-refractivity contribution in [3.63, 3.8) is 0 Å². The average molecular weight is 292 g/mol. The molecule has 1 saturated carbocycles. The fourth-order valence-corrected chi connectivity index (χ4v) is 3.10. The van der Waals surface area contributed by atoms with Gasteiger partial charge in [-0.3, -0.25) is 4.79 Å². The summed E-state index contributed by atoms with van der Waals surface area (Å²) in [6.45, 7) is 2.21. The highest BCUT2D eigenvalue weighted by Crippen LogP contribution is 2.33. The first kappa shape index (κ1) is 15.8. The molecule has 1 amide bonds. The van der Waals surface area contributed by atoms with Crippen molar-refractivity contribution in [1.29, 1.82) is 0 Å². The minimum Gasteiger partial charge on any atom is -0.397 e. The van der Waals surface area contributed by atoms with Gasteiger partial charge in [-0.15, -0.1) is 0 Å². The van der Waals surface area contributed by atoms with E-state index in [1.165, 1.54) is 25.3 Å². The van der Waals surface area contributed by atoms with Crippen LogP contribution in [0.5, 0.6) is 0 Å². The number of carbonyl (C=O) groups excluding carboxylic acids is 1. The molecule has 0 aliphatic heterocycles. The van der Waals surface area contributed by atoms with Crippen LogP contribution in [0, 0.1) is 17.7 Å². The molecule has 4 heteroatoms. The lowest BCUT2D eigenvalue weighted by Crippen LogP contribution is -2.27. The van der Waals surface area contributed by atoms with Crippen molar-refractivity contribution < 1.29 is 9.18 Å². The van der Waals surface area contributed by atoms with Crippen molar-refractivity contribution in [3.8, 4) is 0 Å². The van der Waals surface area contributed by atoms with Gasteiger partial charge in [0, 0.05) is 5.92 Å². The minimum atomic E-state index is -0.472. The smallest absolute Gasteiger partial charge is 0.227 e. The third-order valence-corrected chi connectivity index (χ3v) is 4.48. The zero-order chi connectivity index (χ0) is 15.2. The third-order valence-electron chi connectivity index (χ3n) is 4.48. The van der Waals surface area contributed by atoms with Gasteiger partial charge in [0.2, 0.25) is 5.91 Å². The van der Waals surface area contributed by atoms with Crippen molar-refractivity contribution in [3.05, 3.63) is 24.0 Å². The summed E-state index contributed by atoms with van der Waals surface area (Å²) >= 11 is 0. The highest BCUT2D eigenvalue weighted by molar-refractivity contribution is 5.95. The number of nitrogens with two attached hydrogens (primary N) is 1. The average Bonchev–Trinajstić information content (AvgIpc) is 2.49. The van der Waals surface area contributed by atoms with Crippen LogP contribution in [0.3, 0.4) is 0 Å². The number of nitrogens with one attached hydrogen (secondary N) is 1. The van der Waals surface area contributed by atoms with Gasteiger partial charge in [0.1, 0.15) is 11.5 Å². The number of hydrogen-bond donors (Lipinski definition) is 2. The predicted molar refractivity (Wildman–Crippen MR) is 84.4 cm³/mol. The molecule has 1 aromatic carbocycles. The Morgan fingerprint density at radius 1 is 1.33 bits per heavy atom. The normalized spacial score (nSPS) is 22.0. The lowest BCUT2D eigenvalue weighted by atomic mass is 9.79. The van der Waals surface area contributed by atoms with E-state index in [4.69, 9.17) is 5.73 Å². The molecule has 0 saturated heterocycles. The van der Waals surface area contributed by atoms with Gasteiger partial charge >= 0.3 is 0 Å². The molecular formula is C17H25FN2O. The first-order chi connectivity index (χ1) is 10.1. The van der Waals surface area contributed by atoms with Gasteiger partial charge in [-0.2, -0.15) is 0 Å². The molecule has 1 fully saturated rings. The Bertz CT molecular complexity index is 461. The first-order valence-electron chi connectivity index (χ1n) is 7.96. The number of rotatable bonds is 5. The summed E-state index contributed by atoms with van der Waals surface area (Å²) in [6, 6.07) is 4.45. The molecule has 116 valence electrons. The van der Waals surface area contributed by atoms with E-state index in [0.29, 0.717) is 0 Å². The topological polar surface area (TPSA) is 55.1 Å². The molecule has 21 heavy (non-hydrogen) atoms. The second-order valence-corrected chi connectivity index (χ2v) is 6.05. The molecule has 0 heterocycles. The first-order valence-corrected chi connectivity index (χ1v) is 7.96. The maximum Gasteiger partial charge on any atom is 0.227 e. The van der Waals surface area contributed by atoms with Crippen LogP contribution in [-0.4, -0.2) is 5.91 Å². The predicted octanol–water partition coefficient (Wildman–Crippen LogP) is 4.34. The Labute approximate surface area is 126 Å². The molecule has 0 radical (unpaired) electrons. The zero-order valence-electron chi connectivity index (χ0n) is 12.7. The molecule has 0 atom stereocenters. The Hall–Kier alpha value is -1.58. The maximum atomic E-state index is 13.7. The number of benzene rings is 1. The second-order valence-electron chi connectivity index (χ2n) is 6.05. The Balaban J connectivity index is 1.88. The van der Waals surface area contributed by atoms with E-state index < -0.39 is 5.82 Å². The molecule has 0 spiro atoms. The van der Waals surface area contributed by atoms with E-state index >= 15 is 0 Å². The molecule has 0 bridgehead atoms. The molecule has 0 aromatic heterocycles. The minimum absolute atomic E-state index is 0.0121. The van der Waals surface area contributed by atoms with Gasteiger partial charge in [-0.1, -0.05) is 32.3 Å². The molecule has 0 unspecified atom stereocenters. The monoisotopic (exact) mass is 292 g/mol. The van der Waals surface area contributed by atoms with Gasteiger partial charge < -0.3 is 11.1 Å². The fourth-order valence-electron chi connectivity index (χ4n) is 3.10. The van der Waals surface area contributed by atoms with Crippen LogP contribution in [0.2, 0.25) is 0 Å². The van der Waals surface area contributed by atoms with Gasteiger partial charge in [-0.25, -0.2) is 4.39 Å². The van der Waals surface area contributed by atoms with Crippen LogP contribution in [0.1, 0.15) is 51.9 Å². The van der Waals surface area contributed by atoms with Crippen molar-refractivity contribution in [2.75, 3.05) is 11.1 Å². The van der Waals surface area contributed by atoms with E-state index in [1.807, 2.05) is 0 Å². The fraction of sp³-hybridized carbons (Fsp3) is 0.588. The van der Waals surface area contributed by atoms with Crippen LogP contribution < -0.4 is 11.1 Å². The quantitative estimate of drug-likeness (QED) is 0.793. The number of halogens is 1. The highest BCUT2D eigenvalue weighted by atomic mass is 19.1. The Morgan fingerprint density at radius 2 is 2.05 bits per heavy atom. The number of carbonyl (C=O) groups is 1. The number of nitrogen functional groups attached to an aromatic ring is 1. The second kappa shape index (κ2) is 7.43. The molecule has 3 nitrogen and oxygen atoms in total. The van der Waals surface area contributed by atoms with E-state index in [-0.39, 0.29) is 23.2 Å². The Morgan fingerprint density at radius 3 is 2.67 bits per heavy atom. The van der Waals surface area contributed by atoms with Gasteiger partial charge in [0.25, 0.3) is 0 Å². The SMILES string of the molecule is CCCCC1CCC(C(=O)Nc2c(N)cccc2F)CC1. The van der Waals surface area contributed by atoms with Crippen LogP contribution in [0.15, 0.2) is 18.2 Å². The lowest BCUT2D eigenvalue weighted by molar-refractivity contribution is -0.121. The summed E-state index contributed by atoms with van der Waals surface area (Å²) in [7, 11) is 0. The van der Waals surface area contributed by atoms with E-state index in [9.17, 15) is 9.18 Å². The van der Waals surface area contributed by atoms with E-state index in [2.05, 4.69) is 12.2 Å². The molecule has 1 aliphatic rings. The van der Waals surface area contributed by atoms with Gasteiger partial charge in [0.15, 0.2) is 0 Å². The number of unbranched alkanes of at least 4 members (excludes halogenated alkanes) is 1.